The third kappa shape index (κ3) is 2.04. The predicted molar refractivity (Wildman–Crippen MR) is 67.1 cm³/mol. The van der Waals surface area contributed by atoms with E-state index in [1.54, 1.807) is 12.4 Å². The van der Waals surface area contributed by atoms with Crippen molar-refractivity contribution in [3.63, 3.8) is 0 Å². The Labute approximate surface area is 96.3 Å². The van der Waals surface area contributed by atoms with Gasteiger partial charge in [-0.05, 0) is 32.0 Å². The van der Waals surface area contributed by atoms with Gasteiger partial charge in [-0.1, -0.05) is 19.2 Å². The van der Waals surface area contributed by atoms with Gasteiger partial charge in [-0.3, -0.25) is 0 Å². The Morgan fingerprint density at radius 2 is 1.94 bits per heavy atom. The number of piperidine rings is 1. The number of hydrogen-bond donors (Lipinski definition) is 1. The van der Waals surface area contributed by atoms with Gasteiger partial charge >= 0.3 is 0 Å². The van der Waals surface area contributed by atoms with E-state index in [-0.39, 0.29) is 0 Å². The predicted octanol–water partition coefficient (Wildman–Crippen LogP) is 2.23. The largest absolute Gasteiger partial charge is 0.317 e. The molecule has 0 bridgehead atoms. The molecular weight excluding hydrogens is 198 g/mol. The summed E-state index contributed by atoms with van der Waals surface area (Å²) in [4.78, 5) is 8.63. The minimum atomic E-state index is 0.524. The van der Waals surface area contributed by atoms with E-state index in [2.05, 4.69) is 28.4 Å². The van der Waals surface area contributed by atoms with Gasteiger partial charge < -0.3 is 5.32 Å². The first kappa shape index (κ1) is 11.0. The molecule has 1 aromatic heterocycles. The van der Waals surface area contributed by atoms with Gasteiger partial charge in [0.05, 0.1) is 11.4 Å². The first-order valence-corrected chi connectivity index (χ1v) is 5.67. The van der Waals surface area contributed by atoms with Crippen LogP contribution in [0.4, 0.5) is 0 Å². The zero-order valence-electron chi connectivity index (χ0n) is 9.45. The van der Waals surface area contributed by atoms with E-state index in [0.29, 0.717) is 5.92 Å². The zero-order chi connectivity index (χ0) is 11.4. The van der Waals surface area contributed by atoms with Crippen LogP contribution in [0.2, 0.25) is 0 Å². The highest BCUT2D eigenvalue weighted by atomic mass is 14.9. The Balaban J connectivity index is 2.38. The second kappa shape index (κ2) is 5.03. The van der Waals surface area contributed by atoms with Crippen LogP contribution in [0.3, 0.4) is 0 Å². The first-order valence-electron chi connectivity index (χ1n) is 5.67. The van der Waals surface area contributed by atoms with Gasteiger partial charge in [0.1, 0.15) is 6.33 Å². The second-order valence-electron chi connectivity index (χ2n) is 3.99. The van der Waals surface area contributed by atoms with Crippen LogP contribution in [-0.2, 0) is 0 Å². The van der Waals surface area contributed by atoms with Crippen LogP contribution in [0.15, 0.2) is 19.5 Å². The number of aromatic nitrogens is 2. The fourth-order valence-electron chi connectivity index (χ4n) is 2.22. The summed E-state index contributed by atoms with van der Waals surface area (Å²) in [6.45, 7) is 9.76. The van der Waals surface area contributed by atoms with Crippen molar-refractivity contribution in [2.75, 3.05) is 13.1 Å². The molecule has 1 saturated heterocycles. The molecule has 1 aliphatic heterocycles. The summed E-state index contributed by atoms with van der Waals surface area (Å²) in [5, 5.41) is 3.36. The van der Waals surface area contributed by atoms with Crippen molar-refractivity contribution < 1.29 is 0 Å². The third-order valence-electron chi connectivity index (χ3n) is 3.07. The maximum absolute atomic E-state index is 4.42. The molecule has 3 heteroatoms. The molecule has 1 fully saturated rings. The standard InChI is InChI=1S/C13H17N3/c1-3-11-12(4-2)15-9-16-13(11)10-5-7-14-8-6-10/h3-4,9-10,14H,1-2,5-8H2. The fraction of sp³-hybridized carbons (Fsp3) is 0.385. The quantitative estimate of drug-likeness (QED) is 0.840. The molecule has 0 atom stereocenters. The fourth-order valence-corrected chi connectivity index (χ4v) is 2.22. The molecule has 0 aromatic carbocycles. The molecule has 0 amide bonds. The van der Waals surface area contributed by atoms with Gasteiger partial charge in [0.15, 0.2) is 0 Å². The number of hydrogen-bond acceptors (Lipinski definition) is 3. The summed E-state index contributed by atoms with van der Waals surface area (Å²) in [6, 6.07) is 0. The Bertz CT molecular complexity index is 392. The molecule has 0 aliphatic carbocycles. The minimum absolute atomic E-state index is 0.524. The highest BCUT2D eigenvalue weighted by molar-refractivity contribution is 5.62. The summed E-state index contributed by atoms with van der Waals surface area (Å²) in [5.41, 5.74) is 3.06. The van der Waals surface area contributed by atoms with Crippen LogP contribution in [0, 0.1) is 0 Å². The SMILES string of the molecule is C=Cc1ncnc(C2CCNCC2)c1C=C. The molecule has 84 valence electrons. The van der Waals surface area contributed by atoms with Gasteiger partial charge in [0.2, 0.25) is 0 Å². The van der Waals surface area contributed by atoms with Crippen molar-refractivity contribution in [2.45, 2.75) is 18.8 Å². The van der Waals surface area contributed by atoms with Gasteiger partial charge in [0, 0.05) is 11.5 Å². The molecule has 16 heavy (non-hydrogen) atoms. The molecule has 0 saturated carbocycles. The van der Waals surface area contributed by atoms with Crippen molar-refractivity contribution in [2.24, 2.45) is 0 Å². The third-order valence-corrected chi connectivity index (χ3v) is 3.07. The molecular formula is C13H17N3. The van der Waals surface area contributed by atoms with Crippen molar-refractivity contribution in [1.29, 1.82) is 0 Å². The molecule has 3 nitrogen and oxygen atoms in total. The number of rotatable bonds is 3. The van der Waals surface area contributed by atoms with Crippen LogP contribution in [-0.4, -0.2) is 23.1 Å². The van der Waals surface area contributed by atoms with E-state index in [1.807, 2.05) is 6.08 Å². The minimum Gasteiger partial charge on any atom is -0.317 e. The Morgan fingerprint density at radius 3 is 2.56 bits per heavy atom. The van der Waals surface area contributed by atoms with E-state index < -0.39 is 0 Å². The van der Waals surface area contributed by atoms with E-state index in [0.717, 1.165) is 42.9 Å². The molecule has 1 N–H and O–H groups in total. The molecule has 2 rings (SSSR count). The molecule has 0 radical (unpaired) electrons. The topological polar surface area (TPSA) is 37.8 Å². The van der Waals surface area contributed by atoms with E-state index in [9.17, 15) is 0 Å². The van der Waals surface area contributed by atoms with Gasteiger partial charge in [-0.15, -0.1) is 0 Å². The molecule has 0 spiro atoms. The van der Waals surface area contributed by atoms with Crippen molar-refractivity contribution in [1.82, 2.24) is 15.3 Å². The zero-order valence-corrected chi connectivity index (χ0v) is 9.45. The van der Waals surface area contributed by atoms with Crippen molar-refractivity contribution in [3.05, 3.63) is 36.4 Å². The lowest BCUT2D eigenvalue weighted by atomic mass is 9.91. The lowest BCUT2D eigenvalue weighted by Crippen LogP contribution is -2.27. The molecule has 1 aromatic rings. The Hall–Kier alpha value is -1.48. The highest BCUT2D eigenvalue weighted by Crippen LogP contribution is 2.28. The summed E-state index contributed by atoms with van der Waals surface area (Å²) >= 11 is 0. The van der Waals surface area contributed by atoms with Crippen LogP contribution < -0.4 is 5.32 Å². The summed E-state index contributed by atoms with van der Waals surface area (Å²) < 4.78 is 0. The first-order chi connectivity index (χ1) is 7.86. The monoisotopic (exact) mass is 215 g/mol. The average Bonchev–Trinajstić information content (AvgIpc) is 2.38. The highest BCUT2D eigenvalue weighted by Gasteiger charge is 2.19. The van der Waals surface area contributed by atoms with E-state index in [4.69, 9.17) is 0 Å². The van der Waals surface area contributed by atoms with Crippen LogP contribution >= 0.6 is 0 Å². The normalized spacial score (nSPS) is 17.0. The van der Waals surface area contributed by atoms with Crippen LogP contribution in [0.1, 0.15) is 35.7 Å². The number of nitrogens with one attached hydrogen (secondary N) is 1. The second-order valence-corrected chi connectivity index (χ2v) is 3.99. The summed E-state index contributed by atoms with van der Waals surface area (Å²) in [7, 11) is 0. The maximum atomic E-state index is 4.42. The lowest BCUT2D eigenvalue weighted by Gasteiger charge is -2.23. The smallest absolute Gasteiger partial charge is 0.116 e. The van der Waals surface area contributed by atoms with Crippen molar-refractivity contribution >= 4 is 12.2 Å². The van der Waals surface area contributed by atoms with Crippen LogP contribution in [0.25, 0.3) is 12.2 Å². The van der Waals surface area contributed by atoms with Gasteiger partial charge in [0.25, 0.3) is 0 Å². The molecule has 2 heterocycles. The van der Waals surface area contributed by atoms with Crippen molar-refractivity contribution in [3.8, 4) is 0 Å². The van der Waals surface area contributed by atoms with Gasteiger partial charge in [-0.25, -0.2) is 9.97 Å². The lowest BCUT2D eigenvalue weighted by molar-refractivity contribution is 0.452. The van der Waals surface area contributed by atoms with E-state index >= 15 is 0 Å². The number of nitrogens with zero attached hydrogens (tertiary/aromatic N) is 2. The maximum Gasteiger partial charge on any atom is 0.116 e. The van der Waals surface area contributed by atoms with Crippen LogP contribution in [0.5, 0.6) is 0 Å². The summed E-state index contributed by atoms with van der Waals surface area (Å²) in [6.07, 6.45) is 7.50. The average molecular weight is 215 g/mol. The van der Waals surface area contributed by atoms with E-state index in [1.165, 1.54) is 0 Å². The molecule has 1 aliphatic rings. The Kier molecular flexibility index (Phi) is 3.47. The molecule has 0 unspecified atom stereocenters. The Morgan fingerprint density at radius 1 is 1.19 bits per heavy atom. The summed E-state index contributed by atoms with van der Waals surface area (Å²) in [5.74, 6) is 0.524. The van der Waals surface area contributed by atoms with Gasteiger partial charge in [-0.2, -0.15) is 0 Å².